The molecule has 0 aliphatic carbocycles. The Labute approximate surface area is 126 Å². The predicted molar refractivity (Wildman–Crippen MR) is 85.9 cm³/mol. The van der Waals surface area contributed by atoms with Crippen LogP contribution in [0.25, 0.3) is 21.3 Å². The zero-order valence-corrected chi connectivity index (χ0v) is 12.5. The average molecular weight is 298 g/mol. The summed E-state index contributed by atoms with van der Waals surface area (Å²) in [4.78, 5) is 15.7. The molecule has 2 aromatic carbocycles. The number of carbonyl (C=O) groups is 1. The van der Waals surface area contributed by atoms with Crippen LogP contribution in [0.1, 0.15) is 6.92 Å². The van der Waals surface area contributed by atoms with Gasteiger partial charge in [-0.15, -0.1) is 0 Å². The quantitative estimate of drug-likeness (QED) is 0.797. The normalized spacial score (nSPS) is 10.6. The van der Waals surface area contributed by atoms with E-state index in [1.165, 1.54) is 18.3 Å². The molecular weight excluding hydrogens is 284 g/mol. The summed E-state index contributed by atoms with van der Waals surface area (Å²) in [6.07, 6.45) is 0. The van der Waals surface area contributed by atoms with Crippen molar-refractivity contribution in [1.82, 2.24) is 4.98 Å². The minimum absolute atomic E-state index is 0.130. The first-order chi connectivity index (χ1) is 10.2. The molecule has 0 saturated carbocycles. The molecule has 0 saturated heterocycles. The van der Waals surface area contributed by atoms with Crippen LogP contribution in [0.4, 0.5) is 5.13 Å². The fourth-order valence-corrected chi connectivity index (χ4v) is 3.26. The molecule has 1 aromatic heterocycles. The van der Waals surface area contributed by atoms with Crippen LogP contribution < -0.4 is 10.1 Å². The number of thiazole rings is 1. The van der Waals surface area contributed by atoms with Gasteiger partial charge in [-0.05, 0) is 17.7 Å². The summed E-state index contributed by atoms with van der Waals surface area (Å²) in [7, 11) is 1.62. The Hall–Kier alpha value is -2.40. The second kappa shape index (κ2) is 5.54. The summed E-state index contributed by atoms with van der Waals surface area (Å²) in [5, 5.41) is 3.32. The van der Waals surface area contributed by atoms with E-state index in [0.29, 0.717) is 10.9 Å². The molecule has 5 heteroatoms. The van der Waals surface area contributed by atoms with E-state index >= 15 is 0 Å². The summed E-state index contributed by atoms with van der Waals surface area (Å²) in [6.45, 7) is 1.47. The molecule has 0 unspecified atom stereocenters. The first kappa shape index (κ1) is 13.6. The molecule has 3 rings (SSSR count). The molecule has 0 atom stereocenters. The third kappa shape index (κ3) is 2.60. The molecule has 0 bridgehead atoms. The lowest BCUT2D eigenvalue weighted by molar-refractivity contribution is -0.114. The van der Waals surface area contributed by atoms with Gasteiger partial charge in [0.15, 0.2) is 5.13 Å². The Morgan fingerprint density at radius 2 is 1.95 bits per heavy atom. The van der Waals surface area contributed by atoms with Crippen LogP contribution >= 0.6 is 11.3 Å². The molecule has 0 fully saturated rings. The summed E-state index contributed by atoms with van der Waals surface area (Å²) in [6, 6.07) is 14.0. The number of benzene rings is 2. The van der Waals surface area contributed by atoms with Crippen molar-refractivity contribution >= 4 is 32.6 Å². The topological polar surface area (TPSA) is 51.2 Å². The third-order valence-corrected chi connectivity index (χ3v) is 4.10. The van der Waals surface area contributed by atoms with Crippen molar-refractivity contribution in [2.75, 3.05) is 12.4 Å². The van der Waals surface area contributed by atoms with Crippen molar-refractivity contribution in [3.63, 3.8) is 0 Å². The highest BCUT2D eigenvalue weighted by Crippen LogP contribution is 2.39. The maximum atomic E-state index is 11.2. The zero-order chi connectivity index (χ0) is 14.8. The molecule has 106 valence electrons. The number of hydrogen-bond donors (Lipinski definition) is 1. The molecular formula is C16H14N2O2S. The highest BCUT2D eigenvalue weighted by molar-refractivity contribution is 7.23. The van der Waals surface area contributed by atoms with Gasteiger partial charge >= 0.3 is 0 Å². The Morgan fingerprint density at radius 3 is 2.62 bits per heavy atom. The first-order valence-corrected chi connectivity index (χ1v) is 7.31. The van der Waals surface area contributed by atoms with Crippen LogP contribution in [-0.4, -0.2) is 18.0 Å². The summed E-state index contributed by atoms with van der Waals surface area (Å²) in [5.74, 6) is 0.576. The summed E-state index contributed by atoms with van der Waals surface area (Å²) >= 11 is 1.45. The lowest BCUT2D eigenvalue weighted by Gasteiger charge is -2.05. The number of ether oxygens (including phenoxy) is 1. The number of nitrogens with zero attached hydrogens (tertiary/aromatic N) is 1. The number of anilines is 1. The minimum atomic E-state index is -0.130. The van der Waals surface area contributed by atoms with E-state index in [2.05, 4.69) is 22.4 Å². The van der Waals surface area contributed by atoms with E-state index in [1.807, 2.05) is 30.3 Å². The number of fused-ring (bicyclic) bond motifs is 1. The van der Waals surface area contributed by atoms with Gasteiger partial charge in [0.2, 0.25) is 5.91 Å². The number of amides is 1. The van der Waals surface area contributed by atoms with Gasteiger partial charge in [-0.1, -0.05) is 41.7 Å². The zero-order valence-electron chi connectivity index (χ0n) is 11.7. The SMILES string of the molecule is COc1ccc(-c2ccccc2)c2sc(NC(C)=O)nc12. The molecule has 21 heavy (non-hydrogen) atoms. The van der Waals surface area contributed by atoms with Crippen LogP contribution in [-0.2, 0) is 4.79 Å². The molecule has 0 radical (unpaired) electrons. The van der Waals surface area contributed by atoms with Gasteiger partial charge in [-0.3, -0.25) is 4.79 Å². The van der Waals surface area contributed by atoms with Gasteiger partial charge in [-0.25, -0.2) is 4.98 Å². The average Bonchev–Trinajstić information content (AvgIpc) is 2.89. The number of hydrogen-bond acceptors (Lipinski definition) is 4. The largest absolute Gasteiger partial charge is 0.494 e. The van der Waals surface area contributed by atoms with E-state index in [-0.39, 0.29) is 5.91 Å². The van der Waals surface area contributed by atoms with Crippen LogP contribution in [0.5, 0.6) is 5.75 Å². The Kier molecular flexibility index (Phi) is 3.58. The molecule has 1 heterocycles. The molecule has 1 amide bonds. The molecule has 0 aliphatic heterocycles. The van der Waals surface area contributed by atoms with Crippen molar-refractivity contribution in [3.8, 4) is 16.9 Å². The number of rotatable bonds is 3. The molecule has 4 nitrogen and oxygen atoms in total. The standard InChI is InChI=1S/C16H14N2O2S/c1-10(19)17-16-18-14-13(20-2)9-8-12(15(14)21-16)11-6-4-3-5-7-11/h3-9H,1-2H3,(H,17,18,19). The number of aromatic nitrogens is 1. The summed E-state index contributed by atoms with van der Waals surface area (Å²) in [5.41, 5.74) is 2.97. The fraction of sp³-hybridized carbons (Fsp3) is 0.125. The maximum Gasteiger partial charge on any atom is 0.223 e. The lowest BCUT2D eigenvalue weighted by atomic mass is 10.1. The van der Waals surface area contributed by atoms with Gasteiger partial charge in [0.25, 0.3) is 0 Å². The van der Waals surface area contributed by atoms with Crippen LogP contribution in [0.15, 0.2) is 42.5 Å². The van der Waals surface area contributed by atoms with E-state index in [1.54, 1.807) is 7.11 Å². The Balaban J connectivity index is 2.22. The summed E-state index contributed by atoms with van der Waals surface area (Å²) < 4.78 is 6.37. The van der Waals surface area contributed by atoms with Crippen LogP contribution in [0.2, 0.25) is 0 Å². The predicted octanol–water partition coefficient (Wildman–Crippen LogP) is 3.93. The lowest BCUT2D eigenvalue weighted by Crippen LogP contribution is -2.04. The molecule has 0 spiro atoms. The fourth-order valence-electron chi connectivity index (χ4n) is 2.20. The molecule has 1 N–H and O–H groups in total. The van der Waals surface area contributed by atoms with E-state index in [4.69, 9.17) is 4.74 Å². The Morgan fingerprint density at radius 1 is 1.19 bits per heavy atom. The van der Waals surface area contributed by atoms with Crippen molar-refractivity contribution < 1.29 is 9.53 Å². The smallest absolute Gasteiger partial charge is 0.223 e. The second-order valence-electron chi connectivity index (χ2n) is 4.56. The van der Waals surface area contributed by atoms with Crippen LogP contribution in [0.3, 0.4) is 0 Å². The Bertz CT molecular complexity index is 797. The monoisotopic (exact) mass is 298 g/mol. The highest BCUT2D eigenvalue weighted by atomic mass is 32.1. The second-order valence-corrected chi connectivity index (χ2v) is 5.56. The number of carbonyl (C=O) groups excluding carboxylic acids is 1. The number of methoxy groups -OCH3 is 1. The van der Waals surface area contributed by atoms with E-state index in [9.17, 15) is 4.79 Å². The van der Waals surface area contributed by atoms with Crippen molar-refractivity contribution in [3.05, 3.63) is 42.5 Å². The molecule has 3 aromatic rings. The third-order valence-electron chi connectivity index (χ3n) is 3.09. The van der Waals surface area contributed by atoms with Gasteiger partial charge < -0.3 is 10.1 Å². The number of nitrogens with one attached hydrogen (secondary N) is 1. The maximum absolute atomic E-state index is 11.2. The minimum Gasteiger partial charge on any atom is -0.494 e. The van der Waals surface area contributed by atoms with Gasteiger partial charge in [0, 0.05) is 12.5 Å². The van der Waals surface area contributed by atoms with Gasteiger partial charge in [0.1, 0.15) is 11.3 Å². The van der Waals surface area contributed by atoms with E-state index in [0.717, 1.165) is 21.3 Å². The van der Waals surface area contributed by atoms with Crippen molar-refractivity contribution in [2.45, 2.75) is 6.92 Å². The van der Waals surface area contributed by atoms with Gasteiger partial charge in [0.05, 0.1) is 11.8 Å². The van der Waals surface area contributed by atoms with Crippen molar-refractivity contribution in [1.29, 1.82) is 0 Å². The van der Waals surface area contributed by atoms with Gasteiger partial charge in [-0.2, -0.15) is 0 Å². The first-order valence-electron chi connectivity index (χ1n) is 6.49. The highest BCUT2D eigenvalue weighted by Gasteiger charge is 2.14. The van der Waals surface area contributed by atoms with Crippen LogP contribution in [0, 0.1) is 0 Å². The van der Waals surface area contributed by atoms with Crippen molar-refractivity contribution in [2.24, 2.45) is 0 Å². The molecule has 0 aliphatic rings. The van der Waals surface area contributed by atoms with E-state index < -0.39 is 0 Å².